The molecule has 1 saturated heterocycles. The number of hydrogen-bond acceptors (Lipinski definition) is 4. The average molecular weight is 446 g/mol. The summed E-state index contributed by atoms with van der Waals surface area (Å²) in [6, 6.07) is 19.9. The van der Waals surface area contributed by atoms with Crippen molar-refractivity contribution in [1.82, 2.24) is 4.90 Å². The van der Waals surface area contributed by atoms with Crippen LogP contribution in [0.1, 0.15) is 18.4 Å². The minimum atomic E-state index is -0.252. The molecule has 2 heterocycles. The number of carbonyl (C=O) groups excluding carboxylic acids is 1. The van der Waals surface area contributed by atoms with Gasteiger partial charge in [0, 0.05) is 12.2 Å². The van der Waals surface area contributed by atoms with Crippen LogP contribution >= 0.6 is 0 Å². The zero-order valence-corrected chi connectivity index (χ0v) is 18.5. The number of likely N-dealkylation sites (tertiary alicyclic amines) is 1. The Balaban J connectivity index is 1.16. The van der Waals surface area contributed by atoms with Crippen LogP contribution in [0.5, 0.6) is 5.75 Å². The van der Waals surface area contributed by atoms with E-state index in [1.807, 2.05) is 42.5 Å². The molecule has 0 spiro atoms. The maximum Gasteiger partial charge on any atom is 0.228 e. The van der Waals surface area contributed by atoms with Crippen molar-refractivity contribution in [3.8, 4) is 16.9 Å². The van der Waals surface area contributed by atoms with Gasteiger partial charge in [0.25, 0.3) is 0 Å². The molecule has 1 unspecified atom stereocenters. The van der Waals surface area contributed by atoms with Gasteiger partial charge < -0.3 is 15.4 Å². The van der Waals surface area contributed by atoms with Crippen molar-refractivity contribution in [2.75, 3.05) is 36.8 Å². The van der Waals surface area contributed by atoms with E-state index in [1.54, 1.807) is 12.1 Å². The fraction of sp³-hybridized carbons (Fsp3) is 0.296. The van der Waals surface area contributed by atoms with Crippen molar-refractivity contribution >= 4 is 17.3 Å². The summed E-state index contributed by atoms with van der Waals surface area (Å²) in [6.45, 7) is 4.03. The number of nitrogens with one attached hydrogen (secondary N) is 2. The third kappa shape index (κ3) is 5.34. The van der Waals surface area contributed by atoms with Gasteiger partial charge in [0.15, 0.2) is 0 Å². The summed E-state index contributed by atoms with van der Waals surface area (Å²) in [5.41, 5.74) is 4.51. The largest absolute Gasteiger partial charge is 0.485 e. The Labute approximate surface area is 193 Å². The first-order valence-electron chi connectivity index (χ1n) is 11.5. The summed E-state index contributed by atoms with van der Waals surface area (Å²) < 4.78 is 19.3. The van der Waals surface area contributed by atoms with E-state index in [1.165, 1.54) is 25.0 Å². The Bertz CT molecular complexity index is 1110. The van der Waals surface area contributed by atoms with E-state index in [4.69, 9.17) is 4.74 Å². The summed E-state index contributed by atoms with van der Waals surface area (Å²) in [4.78, 5) is 15.0. The van der Waals surface area contributed by atoms with Gasteiger partial charge in [-0.3, -0.25) is 9.69 Å². The zero-order valence-electron chi connectivity index (χ0n) is 18.5. The van der Waals surface area contributed by atoms with E-state index in [2.05, 4.69) is 15.5 Å². The molecular weight excluding hydrogens is 417 g/mol. The van der Waals surface area contributed by atoms with Crippen LogP contribution in [0.15, 0.2) is 66.7 Å². The second kappa shape index (κ2) is 9.63. The van der Waals surface area contributed by atoms with Gasteiger partial charge in [-0.15, -0.1) is 0 Å². The first-order valence-corrected chi connectivity index (χ1v) is 11.5. The standard InChI is InChI=1S/C27H28FN3O2/c28-22-9-7-21(8-10-22)20-5-3-19(4-6-20)15-27(32)30-23-11-12-26-25(16-23)29-17-24(33-26)18-31-13-1-2-14-31/h3-12,16,24,29H,1-2,13-15,17-18H2,(H,30,32). The highest BCUT2D eigenvalue weighted by Gasteiger charge is 2.23. The molecule has 0 aliphatic carbocycles. The molecule has 1 atom stereocenters. The fourth-order valence-corrected chi connectivity index (χ4v) is 4.50. The summed E-state index contributed by atoms with van der Waals surface area (Å²) in [5, 5.41) is 6.43. The maximum atomic E-state index is 13.1. The van der Waals surface area contributed by atoms with Gasteiger partial charge in [-0.1, -0.05) is 36.4 Å². The molecule has 2 aliphatic rings. The number of carbonyl (C=O) groups is 1. The van der Waals surface area contributed by atoms with Gasteiger partial charge >= 0.3 is 0 Å². The van der Waals surface area contributed by atoms with Crippen LogP contribution in [0, 0.1) is 5.82 Å². The molecule has 3 aromatic carbocycles. The van der Waals surface area contributed by atoms with Crippen molar-refractivity contribution in [1.29, 1.82) is 0 Å². The van der Waals surface area contributed by atoms with Gasteiger partial charge in [0.2, 0.25) is 5.91 Å². The molecule has 2 aliphatic heterocycles. The number of nitrogens with zero attached hydrogens (tertiary/aromatic N) is 1. The summed E-state index contributed by atoms with van der Waals surface area (Å²) in [7, 11) is 0. The number of anilines is 2. The predicted molar refractivity (Wildman–Crippen MR) is 129 cm³/mol. The van der Waals surface area contributed by atoms with Crippen molar-refractivity contribution in [3.05, 3.63) is 78.1 Å². The second-order valence-electron chi connectivity index (χ2n) is 8.77. The van der Waals surface area contributed by atoms with E-state index < -0.39 is 0 Å². The van der Waals surface area contributed by atoms with E-state index in [0.717, 1.165) is 60.0 Å². The highest BCUT2D eigenvalue weighted by Crippen LogP contribution is 2.32. The average Bonchev–Trinajstić information content (AvgIpc) is 3.33. The smallest absolute Gasteiger partial charge is 0.228 e. The molecule has 1 amide bonds. The van der Waals surface area contributed by atoms with Crippen LogP contribution in [-0.2, 0) is 11.2 Å². The molecule has 0 radical (unpaired) electrons. The van der Waals surface area contributed by atoms with Crippen molar-refractivity contribution in [2.45, 2.75) is 25.4 Å². The molecule has 0 saturated carbocycles. The summed E-state index contributed by atoms with van der Waals surface area (Å²) >= 11 is 0. The third-order valence-corrected chi connectivity index (χ3v) is 6.23. The van der Waals surface area contributed by atoms with Gasteiger partial charge in [-0.25, -0.2) is 4.39 Å². The molecule has 3 aromatic rings. The minimum absolute atomic E-state index is 0.0758. The van der Waals surface area contributed by atoms with Gasteiger partial charge in [0.05, 0.1) is 18.7 Å². The number of fused-ring (bicyclic) bond motifs is 1. The number of ether oxygens (including phenoxy) is 1. The number of halogens is 1. The third-order valence-electron chi connectivity index (χ3n) is 6.23. The highest BCUT2D eigenvalue weighted by molar-refractivity contribution is 5.93. The molecular formula is C27H28FN3O2. The van der Waals surface area contributed by atoms with Crippen molar-refractivity contribution in [2.24, 2.45) is 0 Å². The lowest BCUT2D eigenvalue weighted by atomic mass is 10.0. The first kappa shape index (κ1) is 21.5. The first-order chi connectivity index (χ1) is 16.1. The fourth-order valence-electron chi connectivity index (χ4n) is 4.50. The Morgan fingerprint density at radius 1 is 1.00 bits per heavy atom. The second-order valence-corrected chi connectivity index (χ2v) is 8.77. The Hall–Kier alpha value is -3.38. The zero-order chi connectivity index (χ0) is 22.6. The Morgan fingerprint density at radius 2 is 1.70 bits per heavy atom. The molecule has 5 nitrogen and oxygen atoms in total. The Kier molecular flexibility index (Phi) is 6.26. The Morgan fingerprint density at radius 3 is 2.42 bits per heavy atom. The van der Waals surface area contributed by atoms with Crippen LogP contribution in [0.25, 0.3) is 11.1 Å². The topological polar surface area (TPSA) is 53.6 Å². The predicted octanol–water partition coefficient (Wildman–Crippen LogP) is 4.94. The van der Waals surface area contributed by atoms with E-state index in [0.29, 0.717) is 0 Å². The number of amides is 1. The van der Waals surface area contributed by atoms with Crippen LogP contribution in [-0.4, -0.2) is 43.1 Å². The number of benzene rings is 3. The molecule has 0 aromatic heterocycles. The number of rotatable bonds is 6. The van der Waals surface area contributed by atoms with Gasteiger partial charge in [0.1, 0.15) is 17.7 Å². The lowest BCUT2D eigenvalue weighted by Gasteiger charge is -2.30. The van der Waals surface area contributed by atoms with E-state index in [-0.39, 0.29) is 24.2 Å². The lowest BCUT2D eigenvalue weighted by molar-refractivity contribution is -0.115. The normalized spacial score (nSPS) is 17.7. The molecule has 6 heteroatoms. The quantitative estimate of drug-likeness (QED) is 0.564. The SMILES string of the molecule is O=C(Cc1ccc(-c2ccc(F)cc2)cc1)Nc1ccc2c(c1)NCC(CN1CCCC1)O2. The van der Waals surface area contributed by atoms with Gasteiger partial charge in [-0.2, -0.15) is 0 Å². The number of hydrogen-bond donors (Lipinski definition) is 2. The minimum Gasteiger partial charge on any atom is -0.485 e. The van der Waals surface area contributed by atoms with Crippen LogP contribution in [0.3, 0.4) is 0 Å². The maximum absolute atomic E-state index is 13.1. The van der Waals surface area contributed by atoms with E-state index >= 15 is 0 Å². The van der Waals surface area contributed by atoms with Crippen LogP contribution in [0.2, 0.25) is 0 Å². The van der Waals surface area contributed by atoms with Gasteiger partial charge in [-0.05, 0) is 73.0 Å². The van der Waals surface area contributed by atoms with Crippen LogP contribution in [0.4, 0.5) is 15.8 Å². The summed E-state index contributed by atoms with van der Waals surface area (Å²) in [5.74, 6) is 0.505. The highest BCUT2D eigenvalue weighted by atomic mass is 19.1. The monoisotopic (exact) mass is 445 g/mol. The molecule has 0 bridgehead atoms. The molecule has 33 heavy (non-hydrogen) atoms. The molecule has 1 fully saturated rings. The molecule has 170 valence electrons. The van der Waals surface area contributed by atoms with Crippen LogP contribution < -0.4 is 15.4 Å². The van der Waals surface area contributed by atoms with Crippen molar-refractivity contribution < 1.29 is 13.9 Å². The lowest BCUT2D eigenvalue weighted by Crippen LogP contribution is -2.40. The molecule has 5 rings (SSSR count). The van der Waals surface area contributed by atoms with Crippen molar-refractivity contribution in [3.63, 3.8) is 0 Å². The van der Waals surface area contributed by atoms with E-state index in [9.17, 15) is 9.18 Å². The molecule has 2 N–H and O–H groups in total. The summed E-state index contributed by atoms with van der Waals surface area (Å²) in [6.07, 6.45) is 2.98.